The second-order valence-electron chi connectivity index (χ2n) is 2.82. The highest BCUT2D eigenvalue weighted by Crippen LogP contribution is 2.30. The van der Waals surface area contributed by atoms with Gasteiger partial charge >= 0.3 is 6.18 Å². The smallest absolute Gasteiger partial charge is 0.166 e. The molecule has 0 aromatic heterocycles. The maximum atomic E-state index is 12.3. The average molecular weight is 265 g/mol. The molecule has 0 aliphatic carbocycles. The second-order valence-corrected chi connectivity index (χ2v) is 3.38. The molecule has 0 aliphatic heterocycles. The van der Waals surface area contributed by atoms with Crippen LogP contribution in [-0.2, 0) is 6.18 Å². The van der Waals surface area contributed by atoms with Crippen LogP contribution in [0, 0.1) is 0 Å². The van der Waals surface area contributed by atoms with E-state index in [0.717, 1.165) is 12.1 Å². The minimum atomic E-state index is -4.29. The Labute approximate surface area is 88.6 Å². The first-order valence-electron chi connectivity index (χ1n) is 3.86. The Morgan fingerprint density at radius 1 is 1.36 bits per heavy atom. The summed E-state index contributed by atoms with van der Waals surface area (Å²) in [4.78, 5) is 0. The van der Waals surface area contributed by atoms with Crippen molar-refractivity contribution in [2.75, 3.05) is 5.33 Å². The fourth-order valence-corrected chi connectivity index (χ4v) is 1.32. The third kappa shape index (κ3) is 2.61. The molecule has 0 radical (unpaired) electrons. The molecule has 0 unspecified atom stereocenters. The fourth-order valence-electron chi connectivity index (χ4n) is 0.993. The molecule has 1 aromatic rings. The van der Waals surface area contributed by atoms with Crippen LogP contribution in [0.5, 0.6) is 0 Å². The number of allylic oxidation sites excluding steroid dienone is 1. The molecule has 76 valence electrons. The number of alkyl halides is 4. The van der Waals surface area contributed by atoms with E-state index in [4.69, 9.17) is 0 Å². The summed E-state index contributed by atoms with van der Waals surface area (Å²) >= 11 is 3.15. The fraction of sp³-hybridized carbons (Fsp3) is 0.200. The van der Waals surface area contributed by atoms with Crippen LogP contribution in [0.4, 0.5) is 13.2 Å². The third-order valence-corrected chi connectivity index (χ3v) is 2.44. The summed E-state index contributed by atoms with van der Waals surface area (Å²) in [5.41, 5.74) is 0.505. The lowest BCUT2D eigenvalue weighted by Crippen LogP contribution is -2.05. The van der Waals surface area contributed by atoms with Crippen molar-refractivity contribution < 1.29 is 13.2 Å². The summed E-state index contributed by atoms with van der Waals surface area (Å²) in [5, 5.41) is 0.467. The Morgan fingerprint density at radius 2 is 2.00 bits per heavy atom. The van der Waals surface area contributed by atoms with Crippen LogP contribution in [0.1, 0.15) is 11.1 Å². The van der Waals surface area contributed by atoms with Gasteiger partial charge < -0.3 is 0 Å². The van der Waals surface area contributed by atoms with E-state index in [2.05, 4.69) is 22.5 Å². The van der Waals surface area contributed by atoms with E-state index >= 15 is 0 Å². The summed E-state index contributed by atoms with van der Waals surface area (Å²) in [6.07, 6.45) is -4.29. The third-order valence-electron chi connectivity index (χ3n) is 1.76. The Balaban J connectivity index is 3.08. The largest absolute Gasteiger partial charge is 0.416 e. The molecular weight excluding hydrogens is 257 g/mol. The first-order chi connectivity index (χ1) is 6.45. The van der Waals surface area contributed by atoms with Gasteiger partial charge in [0.1, 0.15) is 0 Å². The Bertz CT molecular complexity index is 341. The highest BCUT2D eigenvalue weighted by molar-refractivity contribution is 9.09. The van der Waals surface area contributed by atoms with Crippen LogP contribution < -0.4 is 0 Å². The van der Waals surface area contributed by atoms with Crippen LogP contribution in [0.3, 0.4) is 0 Å². The SMILES string of the molecule is C=C(CBr)c1cccc(C(F)(F)F)c1. The van der Waals surface area contributed by atoms with E-state index in [9.17, 15) is 13.2 Å². The standard InChI is InChI=1S/C10H8BrF3/c1-7(6-11)8-3-2-4-9(5-8)10(12,13)14/h2-5H,1,6H2. The van der Waals surface area contributed by atoms with Gasteiger partial charge in [-0.1, -0.05) is 34.6 Å². The molecule has 0 saturated carbocycles. The van der Waals surface area contributed by atoms with Crippen molar-refractivity contribution in [2.24, 2.45) is 0 Å². The van der Waals surface area contributed by atoms with Gasteiger partial charge in [0, 0.05) is 5.33 Å². The van der Waals surface area contributed by atoms with Gasteiger partial charge in [-0.25, -0.2) is 0 Å². The zero-order valence-corrected chi connectivity index (χ0v) is 8.82. The summed E-state index contributed by atoms with van der Waals surface area (Å²) in [5.74, 6) is 0. The molecule has 0 N–H and O–H groups in total. The monoisotopic (exact) mass is 264 g/mol. The summed E-state index contributed by atoms with van der Waals surface area (Å²) in [6.45, 7) is 3.65. The molecule has 0 fully saturated rings. The van der Waals surface area contributed by atoms with Crippen LogP contribution in [0.25, 0.3) is 5.57 Å². The van der Waals surface area contributed by atoms with Gasteiger partial charge in [-0.15, -0.1) is 0 Å². The lowest BCUT2D eigenvalue weighted by Gasteiger charge is -2.08. The predicted octanol–water partition coefficient (Wildman–Crippen LogP) is 4.11. The van der Waals surface area contributed by atoms with Gasteiger partial charge in [-0.05, 0) is 23.3 Å². The first kappa shape index (κ1) is 11.3. The lowest BCUT2D eigenvalue weighted by atomic mass is 10.1. The first-order valence-corrected chi connectivity index (χ1v) is 4.98. The van der Waals surface area contributed by atoms with E-state index in [-0.39, 0.29) is 0 Å². The highest BCUT2D eigenvalue weighted by atomic mass is 79.9. The number of hydrogen-bond donors (Lipinski definition) is 0. The molecule has 0 bridgehead atoms. The van der Waals surface area contributed by atoms with Crippen molar-refractivity contribution in [2.45, 2.75) is 6.18 Å². The van der Waals surface area contributed by atoms with E-state index in [0.29, 0.717) is 16.5 Å². The molecule has 0 amide bonds. The highest BCUT2D eigenvalue weighted by Gasteiger charge is 2.30. The number of halogens is 4. The number of benzene rings is 1. The van der Waals surface area contributed by atoms with E-state index < -0.39 is 11.7 Å². The van der Waals surface area contributed by atoms with Crippen molar-refractivity contribution >= 4 is 21.5 Å². The molecule has 0 heterocycles. The Morgan fingerprint density at radius 3 is 2.50 bits per heavy atom. The molecule has 1 rings (SSSR count). The van der Waals surface area contributed by atoms with Gasteiger partial charge in [0.25, 0.3) is 0 Å². The molecule has 0 atom stereocenters. The normalized spacial score (nSPS) is 11.4. The molecular formula is C10H8BrF3. The van der Waals surface area contributed by atoms with Crippen LogP contribution in [0.2, 0.25) is 0 Å². The molecule has 0 aliphatic rings. The second kappa shape index (κ2) is 4.17. The van der Waals surface area contributed by atoms with Crippen LogP contribution in [0.15, 0.2) is 30.8 Å². The lowest BCUT2D eigenvalue weighted by molar-refractivity contribution is -0.137. The van der Waals surface area contributed by atoms with Crippen LogP contribution in [-0.4, -0.2) is 5.33 Å². The van der Waals surface area contributed by atoms with Crippen molar-refractivity contribution in [3.8, 4) is 0 Å². The van der Waals surface area contributed by atoms with Gasteiger partial charge in [0.2, 0.25) is 0 Å². The van der Waals surface area contributed by atoms with Gasteiger partial charge in [-0.2, -0.15) is 13.2 Å². The van der Waals surface area contributed by atoms with Crippen molar-refractivity contribution in [1.82, 2.24) is 0 Å². The quantitative estimate of drug-likeness (QED) is 0.706. The minimum absolute atomic E-state index is 0.467. The summed E-state index contributed by atoms with van der Waals surface area (Å²) in [6, 6.07) is 5.14. The van der Waals surface area contributed by atoms with Crippen molar-refractivity contribution in [1.29, 1.82) is 0 Å². The Kier molecular flexibility index (Phi) is 3.37. The molecule has 4 heteroatoms. The van der Waals surface area contributed by atoms with Crippen LogP contribution >= 0.6 is 15.9 Å². The maximum absolute atomic E-state index is 12.3. The summed E-state index contributed by atoms with van der Waals surface area (Å²) in [7, 11) is 0. The van der Waals surface area contributed by atoms with Crippen molar-refractivity contribution in [3.05, 3.63) is 42.0 Å². The van der Waals surface area contributed by atoms with E-state index in [1.54, 1.807) is 6.07 Å². The molecule has 14 heavy (non-hydrogen) atoms. The minimum Gasteiger partial charge on any atom is -0.166 e. The maximum Gasteiger partial charge on any atom is 0.416 e. The van der Waals surface area contributed by atoms with E-state index in [1.807, 2.05) is 0 Å². The molecule has 1 aromatic carbocycles. The topological polar surface area (TPSA) is 0 Å². The van der Waals surface area contributed by atoms with E-state index in [1.165, 1.54) is 6.07 Å². The Hall–Kier alpha value is -0.770. The molecule has 0 spiro atoms. The predicted molar refractivity (Wildman–Crippen MR) is 54.3 cm³/mol. The molecule has 0 saturated heterocycles. The van der Waals surface area contributed by atoms with Gasteiger partial charge in [-0.3, -0.25) is 0 Å². The zero-order valence-electron chi connectivity index (χ0n) is 7.24. The zero-order chi connectivity index (χ0) is 10.8. The number of hydrogen-bond acceptors (Lipinski definition) is 0. The number of rotatable bonds is 2. The van der Waals surface area contributed by atoms with Crippen molar-refractivity contribution in [3.63, 3.8) is 0 Å². The average Bonchev–Trinajstić information content (AvgIpc) is 2.15. The van der Waals surface area contributed by atoms with Gasteiger partial charge in [0.15, 0.2) is 0 Å². The molecule has 0 nitrogen and oxygen atoms in total. The summed E-state index contributed by atoms with van der Waals surface area (Å²) < 4.78 is 36.9. The van der Waals surface area contributed by atoms with Gasteiger partial charge in [0.05, 0.1) is 5.56 Å².